The van der Waals surface area contributed by atoms with Crippen molar-refractivity contribution in [2.45, 2.75) is 63.7 Å². The summed E-state index contributed by atoms with van der Waals surface area (Å²) in [5.74, 6) is 0.214. The summed E-state index contributed by atoms with van der Waals surface area (Å²) in [4.78, 5) is 43.2. The van der Waals surface area contributed by atoms with Crippen LogP contribution in [0.5, 0.6) is 0 Å². The van der Waals surface area contributed by atoms with Crippen LogP contribution in [0.4, 0.5) is 29.3 Å². The number of piperidine rings is 1. The molecule has 0 spiro atoms. The van der Waals surface area contributed by atoms with Gasteiger partial charge in [-0.25, -0.2) is 4.79 Å². The van der Waals surface area contributed by atoms with E-state index in [2.05, 4.69) is 10.6 Å². The molecule has 2 N–H and O–H groups in total. The maximum atomic E-state index is 13.6. The van der Waals surface area contributed by atoms with E-state index < -0.39 is 18.8 Å². The quantitative estimate of drug-likeness (QED) is 0.611. The SMILES string of the molecule is CC1CC(=O)Nc2cc(C(=O)NCCC3CC3)ccc2N1C(=O)N(C)C1CCN(CC(F)(F)F)CC1. The molecule has 4 amide bonds. The first-order valence-corrected chi connectivity index (χ1v) is 12.6. The molecule has 198 valence electrons. The number of anilines is 2. The van der Waals surface area contributed by atoms with Gasteiger partial charge in [-0.15, -0.1) is 0 Å². The minimum absolute atomic E-state index is 0.0845. The number of benzene rings is 1. The number of nitrogens with zero attached hydrogens (tertiary/aromatic N) is 3. The van der Waals surface area contributed by atoms with E-state index in [1.807, 2.05) is 0 Å². The highest BCUT2D eigenvalue weighted by Gasteiger charge is 2.37. The molecule has 1 unspecified atom stereocenters. The number of hydrogen-bond acceptors (Lipinski definition) is 4. The molecule has 1 saturated heterocycles. The van der Waals surface area contributed by atoms with Crippen LogP contribution in [0.3, 0.4) is 0 Å². The van der Waals surface area contributed by atoms with Crippen LogP contribution in [0.1, 0.15) is 55.8 Å². The predicted octanol–water partition coefficient (Wildman–Crippen LogP) is 3.83. The summed E-state index contributed by atoms with van der Waals surface area (Å²) in [6.45, 7) is 1.95. The number of alkyl halides is 3. The predicted molar refractivity (Wildman–Crippen MR) is 130 cm³/mol. The second kappa shape index (κ2) is 10.7. The van der Waals surface area contributed by atoms with Gasteiger partial charge in [0.05, 0.1) is 17.9 Å². The molecule has 1 saturated carbocycles. The zero-order valence-corrected chi connectivity index (χ0v) is 20.7. The van der Waals surface area contributed by atoms with Gasteiger partial charge in [-0.05, 0) is 50.3 Å². The monoisotopic (exact) mass is 509 g/mol. The standard InChI is InChI=1S/C25H34F3N5O3/c1-16-13-22(34)30-20-14-18(23(35)29-10-7-17-3-4-17)5-6-21(20)33(16)24(36)31(2)19-8-11-32(12-9-19)15-25(26,27)28/h5-6,14,16-17,19H,3-4,7-13,15H2,1-2H3,(H,29,35)(H,30,34). The molecule has 0 bridgehead atoms. The molecule has 0 radical (unpaired) electrons. The second-order valence-electron chi connectivity index (χ2n) is 10.2. The molecule has 36 heavy (non-hydrogen) atoms. The third-order valence-electron chi connectivity index (χ3n) is 7.26. The van der Waals surface area contributed by atoms with Crippen LogP contribution in [0.2, 0.25) is 0 Å². The lowest BCUT2D eigenvalue weighted by atomic mass is 10.0. The largest absolute Gasteiger partial charge is 0.401 e. The van der Waals surface area contributed by atoms with Gasteiger partial charge in [0, 0.05) is 50.7 Å². The van der Waals surface area contributed by atoms with Crippen molar-refractivity contribution >= 4 is 29.2 Å². The molecule has 3 aliphatic rings. The van der Waals surface area contributed by atoms with E-state index in [0.29, 0.717) is 42.2 Å². The number of hydrogen-bond donors (Lipinski definition) is 2. The van der Waals surface area contributed by atoms with Crippen LogP contribution >= 0.6 is 0 Å². The number of carbonyl (C=O) groups excluding carboxylic acids is 3. The van der Waals surface area contributed by atoms with Gasteiger partial charge in [0.2, 0.25) is 5.91 Å². The molecule has 1 aliphatic carbocycles. The molecule has 4 rings (SSSR count). The van der Waals surface area contributed by atoms with Gasteiger partial charge in [-0.3, -0.25) is 19.4 Å². The summed E-state index contributed by atoms with van der Waals surface area (Å²) in [5, 5.41) is 5.73. The van der Waals surface area contributed by atoms with Gasteiger partial charge >= 0.3 is 12.2 Å². The number of fused-ring (bicyclic) bond motifs is 1. The van der Waals surface area contributed by atoms with E-state index in [-0.39, 0.29) is 43.4 Å². The van der Waals surface area contributed by atoms with Gasteiger partial charge < -0.3 is 15.5 Å². The molecule has 1 aromatic carbocycles. The first-order valence-electron chi connectivity index (χ1n) is 12.6. The fourth-order valence-electron chi connectivity index (χ4n) is 5.02. The Morgan fingerprint density at radius 3 is 2.50 bits per heavy atom. The van der Waals surface area contributed by atoms with Gasteiger partial charge in [-0.1, -0.05) is 12.8 Å². The van der Waals surface area contributed by atoms with Gasteiger partial charge in [0.25, 0.3) is 5.91 Å². The zero-order valence-electron chi connectivity index (χ0n) is 20.7. The molecule has 1 aromatic rings. The molecule has 2 fully saturated rings. The van der Waals surface area contributed by atoms with Crippen LogP contribution < -0.4 is 15.5 Å². The fourth-order valence-corrected chi connectivity index (χ4v) is 5.02. The van der Waals surface area contributed by atoms with Gasteiger partial charge in [0.15, 0.2) is 0 Å². The Labute approximate surface area is 209 Å². The number of likely N-dealkylation sites (tertiary alicyclic amines) is 1. The van der Waals surface area contributed by atoms with Crippen molar-refractivity contribution in [3.05, 3.63) is 23.8 Å². The number of rotatable bonds is 6. The van der Waals surface area contributed by atoms with Crippen LogP contribution in [0, 0.1) is 5.92 Å². The summed E-state index contributed by atoms with van der Waals surface area (Å²) in [5.41, 5.74) is 1.28. The topological polar surface area (TPSA) is 85.0 Å². The highest BCUT2D eigenvalue weighted by molar-refractivity contribution is 6.06. The Hall–Kier alpha value is -2.82. The summed E-state index contributed by atoms with van der Waals surface area (Å²) in [7, 11) is 1.65. The maximum Gasteiger partial charge on any atom is 0.401 e. The third kappa shape index (κ3) is 6.48. The lowest BCUT2D eigenvalue weighted by Crippen LogP contribution is -2.53. The molecular weight excluding hydrogens is 475 g/mol. The van der Waals surface area contributed by atoms with Crippen molar-refractivity contribution in [3.8, 4) is 0 Å². The highest BCUT2D eigenvalue weighted by Crippen LogP contribution is 2.34. The van der Waals surface area contributed by atoms with E-state index in [1.165, 1.54) is 17.7 Å². The number of urea groups is 1. The highest BCUT2D eigenvalue weighted by atomic mass is 19.4. The molecule has 2 aliphatic heterocycles. The summed E-state index contributed by atoms with van der Waals surface area (Å²) in [6, 6.07) is 3.94. The van der Waals surface area contributed by atoms with Crippen molar-refractivity contribution in [1.29, 1.82) is 0 Å². The Kier molecular flexibility index (Phi) is 7.77. The van der Waals surface area contributed by atoms with E-state index in [4.69, 9.17) is 0 Å². The molecule has 1 atom stereocenters. The summed E-state index contributed by atoms with van der Waals surface area (Å²) in [6.07, 6.45) is 0.0884. The van der Waals surface area contributed by atoms with E-state index >= 15 is 0 Å². The molecule has 11 heteroatoms. The Morgan fingerprint density at radius 2 is 1.86 bits per heavy atom. The Morgan fingerprint density at radius 1 is 1.17 bits per heavy atom. The molecular formula is C25H34F3N5O3. The Balaban J connectivity index is 1.46. The average molecular weight is 510 g/mol. The van der Waals surface area contributed by atoms with E-state index in [1.54, 1.807) is 42.0 Å². The lowest BCUT2D eigenvalue weighted by Gasteiger charge is -2.40. The van der Waals surface area contributed by atoms with Crippen molar-refractivity contribution in [2.24, 2.45) is 5.92 Å². The van der Waals surface area contributed by atoms with Crippen molar-refractivity contribution in [3.63, 3.8) is 0 Å². The van der Waals surface area contributed by atoms with Crippen LogP contribution in [-0.2, 0) is 4.79 Å². The van der Waals surface area contributed by atoms with Crippen LogP contribution in [0.25, 0.3) is 0 Å². The molecule has 8 nitrogen and oxygen atoms in total. The van der Waals surface area contributed by atoms with Crippen molar-refractivity contribution in [2.75, 3.05) is 43.4 Å². The van der Waals surface area contributed by atoms with Gasteiger partial charge in [0.1, 0.15) is 0 Å². The second-order valence-corrected chi connectivity index (χ2v) is 10.2. The number of halogens is 3. The maximum absolute atomic E-state index is 13.6. The smallest absolute Gasteiger partial charge is 0.352 e. The normalized spacial score (nSPS) is 21.4. The van der Waals surface area contributed by atoms with Crippen LogP contribution in [0.15, 0.2) is 18.2 Å². The first-order chi connectivity index (χ1) is 17.0. The fraction of sp³-hybridized carbons (Fsp3) is 0.640. The first kappa shape index (κ1) is 26.2. The third-order valence-corrected chi connectivity index (χ3v) is 7.26. The lowest BCUT2D eigenvalue weighted by molar-refractivity contribution is -0.148. The van der Waals surface area contributed by atoms with E-state index in [0.717, 1.165) is 6.42 Å². The van der Waals surface area contributed by atoms with Crippen molar-refractivity contribution < 1.29 is 27.6 Å². The number of amides is 4. The summed E-state index contributed by atoms with van der Waals surface area (Å²) < 4.78 is 38.2. The number of carbonyl (C=O) groups is 3. The van der Waals surface area contributed by atoms with Gasteiger partial charge in [-0.2, -0.15) is 13.2 Å². The van der Waals surface area contributed by atoms with E-state index in [9.17, 15) is 27.6 Å². The average Bonchev–Trinajstić information content (AvgIpc) is 3.64. The minimum atomic E-state index is -4.24. The molecule has 2 heterocycles. The number of nitrogens with one attached hydrogen (secondary N) is 2. The van der Waals surface area contributed by atoms with Crippen LogP contribution in [-0.4, -0.2) is 79.1 Å². The summed E-state index contributed by atoms with van der Waals surface area (Å²) >= 11 is 0. The van der Waals surface area contributed by atoms with Crippen molar-refractivity contribution in [1.82, 2.24) is 15.1 Å². The zero-order chi connectivity index (χ0) is 26.0. The minimum Gasteiger partial charge on any atom is -0.352 e. The Bertz CT molecular complexity index is 990. The molecule has 0 aromatic heterocycles.